The molecule has 1 heterocycles. The van der Waals surface area contributed by atoms with Crippen molar-refractivity contribution in [3.63, 3.8) is 0 Å². The van der Waals surface area contributed by atoms with E-state index in [-0.39, 0.29) is 11.9 Å². The average Bonchev–Trinajstić information content (AvgIpc) is 2.17. The molecule has 1 aromatic heterocycles. The van der Waals surface area contributed by atoms with Crippen LogP contribution >= 0.6 is 15.9 Å². The molecule has 88 valence electrons. The third-order valence-corrected chi connectivity index (χ3v) is 2.84. The zero-order valence-corrected chi connectivity index (χ0v) is 11.1. The first-order chi connectivity index (χ1) is 7.30. The van der Waals surface area contributed by atoms with Crippen LogP contribution in [0.4, 0.5) is 0 Å². The maximum atomic E-state index is 11.7. The van der Waals surface area contributed by atoms with Gasteiger partial charge < -0.3 is 10.4 Å². The molecule has 1 amide bonds. The SMILES string of the molecule is C[C@H](NC(=O)c1ccc(Br)cn1)C(C)(C)O. The molecule has 0 aliphatic heterocycles. The standard InChI is InChI=1S/C11H15BrN2O2/c1-7(11(2,3)16)14-10(15)9-5-4-8(12)6-13-9/h4-7,16H,1-3H3,(H,14,15)/t7-/m0/s1. The van der Waals surface area contributed by atoms with Gasteiger partial charge in [0.05, 0.1) is 11.6 Å². The van der Waals surface area contributed by atoms with Crippen molar-refractivity contribution in [1.29, 1.82) is 0 Å². The van der Waals surface area contributed by atoms with Crippen molar-refractivity contribution < 1.29 is 9.90 Å². The number of pyridine rings is 1. The maximum Gasteiger partial charge on any atom is 0.270 e. The predicted octanol–water partition coefficient (Wildman–Crippen LogP) is 1.73. The number of aliphatic hydroxyl groups is 1. The van der Waals surface area contributed by atoms with Crippen LogP contribution in [0.2, 0.25) is 0 Å². The molecular formula is C11H15BrN2O2. The summed E-state index contributed by atoms with van der Waals surface area (Å²) in [5, 5.41) is 12.4. The summed E-state index contributed by atoms with van der Waals surface area (Å²) in [5.74, 6) is -0.290. The first-order valence-corrected chi connectivity index (χ1v) is 5.75. The van der Waals surface area contributed by atoms with Gasteiger partial charge in [-0.05, 0) is 48.8 Å². The molecule has 5 heteroatoms. The van der Waals surface area contributed by atoms with Crippen molar-refractivity contribution in [3.8, 4) is 0 Å². The summed E-state index contributed by atoms with van der Waals surface area (Å²) < 4.78 is 0.819. The summed E-state index contributed by atoms with van der Waals surface area (Å²) in [6.07, 6.45) is 1.56. The van der Waals surface area contributed by atoms with Crippen LogP contribution in [-0.2, 0) is 0 Å². The highest BCUT2D eigenvalue weighted by molar-refractivity contribution is 9.10. The number of hydrogen-bond acceptors (Lipinski definition) is 3. The van der Waals surface area contributed by atoms with Crippen molar-refractivity contribution >= 4 is 21.8 Å². The van der Waals surface area contributed by atoms with Crippen LogP contribution in [0, 0.1) is 0 Å². The predicted molar refractivity (Wildman–Crippen MR) is 65.2 cm³/mol. The fourth-order valence-corrected chi connectivity index (χ4v) is 1.19. The van der Waals surface area contributed by atoms with E-state index in [9.17, 15) is 9.90 Å². The summed E-state index contributed by atoms with van der Waals surface area (Å²) in [6.45, 7) is 5.04. The highest BCUT2D eigenvalue weighted by Crippen LogP contribution is 2.10. The van der Waals surface area contributed by atoms with Crippen molar-refractivity contribution in [3.05, 3.63) is 28.5 Å². The maximum absolute atomic E-state index is 11.7. The normalized spacial score (nSPS) is 13.3. The van der Waals surface area contributed by atoms with Gasteiger partial charge in [-0.15, -0.1) is 0 Å². The molecule has 0 aliphatic carbocycles. The molecule has 1 rings (SSSR count). The molecule has 0 spiro atoms. The fraction of sp³-hybridized carbons (Fsp3) is 0.455. The highest BCUT2D eigenvalue weighted by atomic mass is 79.9. The zero-order chi connectivity index (χ0) is 12.3. The van der Waals surface area contributed by atoms with Gasteiger partial charge in [0.15, 0.2) is 0 Å². The van der Waals surface area contributed by atoms with Gasteiger partial charge in [0.2, 0.25) is 0 Å². The van der Waals surface area contributed by atoms with E-state index in [0.29, 0.717) is 5.69 Å². The van der Waals surface area contributed by atoms with Crippen LogP contribution in [0.15, 0.2) is 22.8 Å². The lowest BCUT2D eigenvalue weighted by molar-refractivity contribution is 0.0407. The summed E-state index contributed by atoms with van der Waals surface area (Å²) in [7, 11) is 0. The Balaban J connectivity index is 2.70. The lowest BCUT2D eigenvalue weighted by Gasteiger charge is -2.26. The van der Waals surface area contributed by atoms with Crippen molar-refractivity contribution in [2.45, 2.75) is 32.4 Å². The third-order valence-electron chi connectivity index (χ3n) is 2.37. The van der Waals surface area contributed by atoms with Gasteiger partial charge >= 0.3 is 0 Å². The van der Waals surface area contributed by atoms with Gasteiger partial charge in [-0.2, -0.15) is 0 Å². The molecule has 0 saturated heterocycles. The minimum absolute atomic E-state index is 0.290. The quantitative estimate of drug-likeness (QED) is 0.890. The second-order valence-corrected chi connectivity index (χ2v) is 5.13. The van der Waals surface area contributed by atoms with E-state index in [1.807, 2.05) is 0 Å². The van der Waals surface area contributed by atoms with Crippen molar-refractivity contribution in [1.82, 2.24) is 10.3 Å². The molecule has 0 aromatic carbocycles. The first kappa shape index (κ1) is 13.1. The topological polar surface area (TPSA) is 62.2 Å². The van der Waals surface area contributed by atoms with Crippen LogP contribution in [0.1, 0.15) is 31.3 Å². The van der Waals surface area contributed by atoms with E-state index in [1.165, 1.54) is 0 Å². The van der Waals surface area contributed by atoms with Crippen LogP contribution in [0.3, 0.4) is 0 Å². The number of nitrogens with one attached hydrogen (secondary N) is 1. The second kappa shape index (κ2) is 4.93. The zero-order valence-electron chi connectivity index (χ0n) is 9.49. The van der Waals surface area contributed by atoms with E-state index in [4.69, 9.17) is 0 Å². The molecule has 0 fully saturated rings. The Bertz CT molecular complexity index is 371. The fourth-order valence-electron chi connectivity index (χ4n) is 0.957. The van der Waals surface area contributed by atoms with Crippen LogP contribution in [0.25, 0.3) is 0 Å². The number of halogens is 1. The number of hydrogen-bond donors (Lipinski definition) is 2. The number of nitrogens with zero attached hydrogens (tertiary/aromatic N) is 1. The minimum atomic E-state index is -0.953. The van der Waals surface area contributed by atoms with Crippen molar-refractivity contribution in [2.75, 3.05) is 0 Å². The molecule has 4 nitrogen and oxygen atoms in total. The molecule has 1 aromatic rings. The summed E-state index contributed by atoms with van der Waals surface area (Å²) in [6, 6.07) is 3.03. The molecule has 16 heavy (non-hydrogen) atoms. The Hall–Kier alpha value is -0.940. The van der Waals surface area contributed by atoms with Gasteiger partial charge in [0.25, 0.3) is 5.91 Å². The van der Waals surface area contributed by atoms with Crippen molar-refractivity contribution in [2.24, 2.45) is 0 Å². The molecule has 0 radical (unpaired) electrons. The Morgan fingerprint density at radius 3 is 2.62 bits per heavy atom. The Kier molecular flexibility index (Phi) is 4.04. The minimum Gasteiger partial charge on any atom is -0.388 e. The summed E-state index contributed by atoms with van der Waals surface area (Å²) >= 11 is 3.24. The van der Waals surface area contributed by atoms with Gasteiger partial charge in [0.1, 0.15) is 5.69 Å². The van der Waals surface area contributed by atoms with Crippen LogP contribution in [0.5, 0.6) is 0 Å². The summed E-state index contributed by atoms with van der Waals surface area (Å²) in [5.41, 5.74) is -0.621. The smallest absolute Gasteiger partial charge is 0.270 e. The lowest BCUT2D eigenvalue weighted by Crippen LogP contribution is -2.47. The van der Waals surface area contributed by atoms with E-state index < -0.39 is 5.60 Å². The van der Waals surface area contributed by atoms with Crippen LogP contribution < -0.4 is 5.32 Å². The number of carbonyl (C=O) groups excluding carboxylic acids is 1. The largest absolute Gasteiger partial charge is 0.388 e. The molecule has 1 atom stereocenters. The van der Waals surface area contributed by atoms with E-state index >= 15 is 0 Å². The van der Waals surface area contributed by atoms with E-state index in [1.54, 1.807) is 39.1 Å². The third kappa shape index (κ3) is 3.57. The summed E-state index contributed by atoms with van der Waals surface area (Å²) in [4.78, 5) is 15.7. The van der Waals surface area contributed by atoms with E-state index in [0.717, 1.165) is 4.47 Å². The number of rotatable bonds is 3. The molecule has 0 unspecified atom stereocenters. The molecule has 0 aliphatic rings. The molecular weight excluding hydrogens is 272 g/mol. The highest BCUT2D eigenvalue weighted by Gasteiger charge is 2.24. The molecule has 0 saturated carbocycles. The Labute approximate surface area is 103 Å². The molecule has 0 bridgehead atoms. The Morgan fingerprint density at radius 1 is 1.56 bits per heavy atom. The lowest BCUT2D eigenvalue weighted by atomic mass is 10.0. The van der Waals surface area contributed by atoms with Gasteiger partial charge in [0, 0.05) is 10.7 Å². The average molecular weight is 287 g/mol. The molecule has 2 N–H and O–H groups in total. The van der Waals surface area contributed by atoms with Gasteiger partial charge in [-0.3, -0.25) is 4.79 Å². The first-order valence-electron chi connectivity index (χ1n) is 4.95. The second-order valence-electron chi connectivity index (χ2n) is 4.21. The number of amides is 1. The number of carbonyl (C=O) groups is 1. The van der Waals surface area contributed by atoms with Crippen LogP contribution in [-0.4, -0.2) is 27.6 Å². The van der Waals surface area contributed by atoms with Gasteiger partial charge in [-0.25, -0.2) is 4.98 Å². The van der Waals surface area contributed by atoms with Gasteiger partial charge in [-0.1, -0.05) is 0 Å². The number of aromatic nitrogens is 1. The van der Waals surface area contributed by atoms with E-state index in [2.05, 4.69) is 26.2 Å². The monoisotopic (exact) mass is 286 g/mol. The Morgan fingerprint density at radius 2 is 2.19 bits per heavy atom.